The Balaban J connectivity index is 1.78. The fourth-order valence-electron chi connectivity index (χ4n) is 3.28. The van der Waals surface area contributed by atoms with Crippen LogP contribution in [0.2, 0.25) is 0 Å². The molecule has 1 fully saturated rings. The average Bonchev–Trinajstić information content (AvgIpc) is 2.63. The van der Waals surface area contributed by atoms with E-state index in [9.17, 15) is 0 Å². The van der Waals surface area contributed by atoms with Gasteiger partial charge in [-0.05, 0) is 56.5 Å². The Morgan fingerprint density at radius 3 is 2.67 bits per heavy atom. The van der Waals surface area contributed by atoms with E-state index in [0.29, 0.717) is 12.0 Å². The summed E-state index contributed by atoms with van der Waals surface area (Å²) in [7, 11) is 7.69. The molecule has 0 radical (unpaired) electrons. The molecule has 0 bridgehead atoms. The van der Waals surface area contributed by atoms with Crippen LogP contribution < -0.4 is 15.4 Å². The van der Waals surface area contributed by atoms with Crippen LogP contribution in [0, 0.1) is 5.41 Å². The first kappa shape index (κ1) is 21.5. The molecular formula is C21H36N4O2. The van der Waals surface area contributed by atoms with Crippen molar-refractivity contribution >= 4 is 5.96 Å². The summed E-state index contributed by atoms with van der Waals surface area (Å²) >= 11 is 0. The molecule has 1 aliphatic rings. The number of nitrogens with one attached hydrogen (secondary N) is 2. The molecule has 152 valence electrons. The van der Waals surface area contributed by atoms with Crippen LogP contribution in [-0.4, -0.2) is 65.4 Å². The molecule has 6 nitrogen and oxygen atoms in total. The number of methoxy groups -OCH3 is 1. The van der Waals surface area contributed by atoms with Gasteiger partial charge in [0.05, 0.1) is 0 Å². The van der Waals surface area contributed by atoms with Gasteiger partial charge >= 0.3 is 0 Å². The van der Waals surface area contributed by atoms with Crippen LogP contribution >= 0.6 is 0 Å². The minimum atomic E-state index is 0.369. The zero-order valence-corrected chi connectivity index (χ0v) is 17.4. The van der Waals surface area contributed by atoms with Crippen molar-refractivity contribution in [2.75, 3.05) is 54.6 Å². The number of nitrogens with zero attached hydrogens (tertiary/aromatic N) is 2. The average molecular weight is 377 g/mol. The van der Waals surface area contributed by atoms with Gasteiger partial charge in [-0.25, -0.2) is 0 Å². The lowest BCUT2D eigenvalue weighted by Crippen LogP contribution is -2.46. The number of guanidine groups is 1. The highest BCUT2D eigenvalue weighted by molar-refractivity contribution is 5.79. The van der Waals surface area contributed by atoms with E-state index in [0.717, 1.165) is 44.4 Å². The van der Waals surface area contributed by atoms with Gasteiger partial charge in [0, 0.05) is 40.4 Å². The summed E-state index contributed by atoms with van der Waals surface area (Å²) in [4.78, 5) is 6.48. The van der Waals surface area contributed by atoms with Crippen LogP contribution in [-0.2, 0) is 11.3 Å². The van der Waals surface area contributed by atoms with E-state index < -0.39 is 0 Å². The normalized spacial score (nSPS) is 16.1. The molecule has 0 saturated heterocycles. The fraction of sp³-hybridized carbons (Fsp3) is 0.667. The van der Waals surface area contributed by atoms with Crippen LogP contribution in [0.3, 0.4) is 0 Å². The minimum Gasteiger partial charge on any atom is -0.492 e. The summed E-state index contributed by atoms with van der Waals surface area (Å²) in [6.45, 7) is 4.09. The minimum absolute atomic E-state index is 0.369. The largest absolute Gasteiger partial charge is 0.492 e. The monoisotopic (exact) mass is 376 g/mol. The predicted molar refractivity (Wildman–Crippen MR) is 111 cm³/mol. The topological polar surface area (TPSA) is 58.1 Å². The van der Waals surface area contributed by atoms with E-state index in [4.69, 9.17) is 9.47 Å². The van der Waals surface area contributed by atoms with E-state index >= 15 is 0 Å². The van der Waals surface area contributed by atoms with Crippen LogP contribution in [0.4, 0.5) is 0 Å². The predicted octanol–water partition coefficient (Wildman–Crippen LogP) is 2.50. The maximum atomic E-state index is 5.82. The summed E-state index contributed by atoms with van der Waals surface area (Å²) in [6.07, 6.45) is 4.97. The van der Waals surface area contributed by atoms with Crippen LogP contribution in [0.1, 0.15) is 31.2 Å². The first-order valence-corrected chi connectivity index (χ1v) is 9.87. The highest BCUT2D eigenvalue weighted by Gasteiger charge is 2.36. The van der Waals surface area contributed by atoms with Gasteiger partial charge in [-0.1, -0.05) is 18.6 Å². The number of hydrogen-bond acceptors (Lipinski definition) is 4. The number of likely N-dealkylation sites (N-methyl/N-ethyl adjacent to an activating group) is 1. The summed E-state index contributed by atoms with van der Waals surface area (Å²) in [5.74, 6) is 1.75. The quantitative estimate of drug-likeness (QED) is 0.459. The van der Waals surface area contributed by atoms with Crippen LogP contribution in [0.15, 0.2) is 29.3 Å². The van der Waals surface area contributed by atoms with Gasteiger partial charge in [0.25, 0.3) is 0 Å². The zero-order valence-electron chi connectivity index (χ0n) is 17.4. The van der Waals surface area contributed by atoms with E-state index in [-0.39, 0.29) is 0 Å². The SMILES string of the molecule is CN=C(NCc1cccc(OCCN(C)C)c1)NCC1(CCOC)CCC1. The van der Waals surface area contributed by atoms with Gasteiger partial charge in [0.2, 0.25) is 0 Å². The molecule has 2 rings (SSSR count). The lowest BCUT2D eigenvalue weighted by Gasteiger charge is -2.42. The molecule has 1 aliphatic carbocycles. The summed E-state index contributed by atoms with van der Waals surface area (Å²) in [5, 5.41) is 6.91. The van der Waals surface area contributed by atoms with Crippen molar-refractivity contribution in [2.24, 2.45) is 10.4 Å². The fourth-order valence-corrected chi connectivity index (χ4v) is 3.28. The smallest absolute Gasteiger partial charge is 0.191 e. The Hall–Kier alpha value is -1.79. The molecule has 0 atom stereocenters. The zero-order chi connectivity index (χ0) is 19.5. The van der Waals surface area contributed by atoms with Crippen molar-refractivity contribution in [3.63, 3.8) is 0 Å². The number of benzene rings is 1. The molecule has 1 saturated carbocycles. The molecule has 0 unspecified atom stereocenters. The Kier molecular flexibility index (Phi) is 8.88. The van der Waals surface area contributed by atoms with Gasteiger partial charge in [-0.3, -0.25) is 4.99 Å². The van der Waals surface area contributed by atoms with Crippen molar-refractivity contribution in [2.45, 2.75) is 32.2 Å². The second-order valence-electron chi connectivity index (χ2n) is 7.67. The Morgan fingerprint density at radius 2 is 2.04 bits per heavy atom. The molecule has 2 N–H and O–H groups in total. The molecule has 0 amide bonds. The molecule has 0 aromatic heterocycles. The second-order valence-corrected chi connectivity index (χ2v) is 7.67. The van der Waals surface area contributed by atoms with Crippen molar-refractivity contribution in [3.8, 4) is 5.75 Å². The van der Waals surface area contributed by atoms with Crippen molar-refractivity contribution in [1.29, 1.82) is 0 Å². The van der Waals surface area contributed by atoms with Gasteiger partial charge in [-0.15, -0.1) is 0 Å². The Bertz CT molecular complexity index is 585. The summed E-state index contributed by atoms with van der Waals surface area (Å²) in [5.41, 5.74) is 1.55. The number of hydrogen-bond donors (Lipinski definition) is 2. The third-order valence-corrected chi connectivity index (χ3v) is 5.27. The lowest BCUT2D eigenvalue weighted by molar-refractivity contribution is 0.0732. The van der Waals surface area contributed by atoms with Gasteiger partial charge < -0.3 is 25.0 Å². The van der Waals surface area contributed by atoms with E-state index in [1.165, 1.54) is 24.8 Å². The summed E-state index contributed by atoms with van der Waals surface area (Å²) < 4.78 is 11.1. The van der Waals surface area contributed by atoms with Gasteiger partial charge in [0.1, 0.15) is 12.4 Å². The Labute approximate surface area is 164 Å². The van der Waals surface area contributed by atoms with Crippen LogP contribution in [0.25, 0.3) is 0 Å². The van der Waals surface area contributed by atoms with Crippen molar-refractivity contribution in [3.05, 3.63) is 29.8 Å². The molecule has 1 aromatic rings. The number of aliphatic imine (C=N–C) groups is 1. The maximum absolute atomic E-state index is 5.82. The number of ether oxygens (including phenoxy) is 2. The summed E-state index contributed by atoms with van der Waals surface area (Å²) in [6, 6.07) is 8.22. The molecule has 1 aromatic carbocycles. The molecule has 6 heteroatoms. The van der Waals surface area contributed by atoms with Crippen molar-refractivity contribution < 1.29 is 9.47 Å². The van der Waals surface area contributed by atoms with E-state index in [2.05, 4.69) is 32.7 Å². The molecular weight excluding hydrogens is 340 g/mol. The highest BCUT2D eigenvalue weighted by Crippen LogP contribution is 2.43. The third-order valence-electron chi connectivity index (χ3n) is 5.27. The van der Waals surface area contributed by atoms with E-state index in [1.807, 2.05) is 33.3 Å². The standard InChI is InChI=1S/C21H36N4O2/c1-22-20(24-17-21(9-6-10-21)11-13-26-4)23-16-18-7-5-8-19(15-18)27-14-12-25(2)3/h5,7-8,15H,6,9-14,16-17H2,1-4H3,(H2,22,23,24). The van der Waals surface area contributed by atoms with Gasteiger partial charge in [-0.2, -0.15) is 0 Å². The molecule has 0 aliphatic heterocycles. The maximum Gasteiger partial charge on any atom is 0.191 e. The first-order valence-electron chi connectivity index (χ1n) is 9.87. The van der Waals surface area contributed by atoms with E-state index in [1.54, 1.807) is 7.11 Å². The lowest BCUT2D eigenvalue weighted by atomic mass is 9.67. The number of rotatable bonds is 11. The second kappa shape index (κ2) is 11.1. The molecule has 0 heterocycles. The van der Waals surface area contributed by atoms with Gasteiger partial charge in [0.15, 0.2) is 5.96 Å². The molecule has 27 heavy (non-hydrogen) atoms. The molecule has 0 spiro atoms. The van der Waals surface area contributed by atoms with Crippen LogP contribution in [0.5, 0.6) is 5.75 Å². The third kappa shape index (κ3) is 7.39. The Morgan fingerprint density at radius 1 is 1.22 bits per heavy atom. The highest BCUT2D eigenvalue weighted by atomic mass is 16.5. The van der Waals surface area contributed by atoms with Crippen molar-refractivity contribution in [1.82, 2.24) is 15.5 Å². The first-order chi connectivity index (χ1) is 13.1.